The van der Waals surface area contributed by atoms with Gasteiger partial charge in [-0.1, -0.05) is 5.21 Å². The zero-order valence-electron chi connectivity index (χ0n) is 20.5. The Morgan fingerprint density at radius 3 is 2.72 bits per heavy atom. The third-order valence-electron chi connectivity index (χ3n) is 7.28. The molecule has 2 fully saturated rings. The van der Waals surface area contributed by atoms with Gasteiger partial charge in [-0.3, -0.25) is 9.89 Å². The van der Waals surface area contributed by atoms with Crippen molar-refractivity contribution in [1.29, 1.82) is 0 Å². The molecule has 11 nitrogen and oxygen atoms in total. The van der Waals surface area contributed by atoms with Gasteiger partial charge in [-0.05, 0) is 62.8 Å². The lowest BCUT2D eigenvalue weighted by Crippen LogP contribution is -2.43. The minimum absolute atomic E-state index is 0.0651. The lowest BCUT2D eigenvalue weighted by atomic mass is 9.90. The molecule has 3 N–H and O–H groups in total. The van der Waals surface area contributed by atoms with Crippen LogP contribution in [0.5, 0.6) is 0 Å². The van der Waals surface area contributed by atoms with Crippen LogP contribution in [0, 0.1) is 0 Å². The van der Waals surface area contributed by atoms with Gasteiger partial charge in [0.1, 0.15) is 11.3 Å². The van der Waals surface area contributed by atoms with Crippen molar-refractivity contribution in [1.82, 2.24) is 40.5 Å². The summed E-state index contributed by atoms with van der Waals surface area (Å²) in [5.41, 5.74) is 3.43. The van der Waals surface area contributed by atoms with E-state index in [0.29, 0.717) is 23.5 Å². The maximum absolute atomic E-state index is 12.8. The number of hydrogen-bond acceptors (Lipinski definition) is 8. The molecule has 0 atom stereocenters. The molecule has 0 saturated heterocycles. The second-order valence-corrected chi connectivity index (χ2v) is 9.86. The van der Waals surface area contributed by atoms with E-state index < -0.39 is 0 Å². The van der Waals surface area contributed by atoms with E-state index in [9.17, 15) is 4.79 Å². The molecular formula is C25H30N10O. The van der Waals surface area contributed by atoms with Crippen molar-refractivity contribution >= 4 is 34.5 Å². The second-order valence-electron chi connectivity index (χ2n) is 9.86. The molecule has 6 rings (SSSR count). The Morgan fingerprint density at radius 1 is 1.08 bits per heavy atom. The smallest absolute Gasteiger partial charge is 0.251 e. The number of aryl methyl sites for hydroxylation is 1. The van der Waals surface area contributed by atoms with Crippen LogP contribution in [0.3, 0.4) is 0 Å². The first-order chi connectivity index (χ1) is 17.5. The van der Waals surface area contributed by atoms with Crippen LogP contribution < -0.4 is 15.5 Å². The van der Waals surface area contributed by atoms with Crippen LogP contribution in [0.2, 0.25) is 0 Å². The number of nitrogens with one attached hydrogen (secondary N) is 3. The average molecular weight is 487 g/mol. The largest absolute Gasteiger partial charge is 0.349 e. The van der Waals surface area contributed by atoms with E-state index in [1.807, 2.05) is 32.3 Å². The molecule has 2 saturated carbocycles. The van der Waals surface area contributed by atoms with Crippen LogP contribution in [0.15, 0.2) is 36.5 Å². The highest BCUT2D eigenvalue weighted by atomic mass is 16.1. The van der Waals surface area contributed by atoms with Gasteiger partial charge in [-0.2, -0.15) is 10.1 Å². The summed E-state index contributed by atoms with van der Waals surface area (Å²) in [5.74, 6) is 2.75. The zero-order valence-corrected chi connectivity index (χ0v) is 20.5. The number of fused-ring (bicyclic) bond motifs is 1. The molecule has 36 heavy (non-hydrogen) atoms. The number of carbonyl (C=O) groups excluding carboxylic acids is 1. The van der Waals surface area contributed by atoms with Crippen LogP contribution in [0.25, 0.3) is 11.0 Å². The summed E-state index contributed by atoms with van der Waals surface area (Å²) >= 11 is 0. The van der Waals surface area contributed by atoms with Gasteiger partial charge in [-0.25, -0.2) is 9.67 Å². The van der Waals surface area contributed by atoms with Crippen LogP contribution in [0.1, 0.15) is 60.5 Å². The van der Waals surface area contributed by atoms with Gasteiger partial charge in [0.15, 0.2) is 5.82 Å². The lowest BCUT2D eigenvalue weighted by Gasteiger charge is -2.35. The number of anilines is 3. The van der Waals surface area contributed by atoms with E-state index in [2.05, 4.69) is 47.1 Å². The van der Waals surface area contributed by atoms with Gasteiger partial charge in [0.05, 0.1) is 5.52 Å². The number of aromatic nitrogens is 7. The zero-order chi connectivity index (χ0) is 24.6. The summed E-state index contributed by atoms with van der Waals surface area (Å²) < 4.78 is 1.70. The topological polar surface area (TPSA) is 130 Å². The molecule has 2 aliphatic rings. The van der Waals surface area contributed by atoms with E-state index in [1.54, 1.807) is 16.9 Å². The Balaban J connectivity index is 1.04. The Labute approximate surface area is 208 Å². The van der Waals surface area contributed by atoms with Gasteiger partial charge in [0.25, 0.3) is 5.91 Å². The molecule has 2 aliphatic carbocycles. The van der Waals surface area contributed by atoms with E-state index >= 15 is 0 Å². The Morgan fingerprint density at radius 2 is 1.92 bits per heavy atom. The van der Waals surface area contributed by atoms with E-state index in [-0.39, 0.29) is 11.9 Å². The Hall–Kier alpha value is -4.02. The van der Waals surface area contributed by atoms with Gasteiger partial charge >= 0.3 is 0 Å². The quantitative estimate of drug-likeness (QED) is 0.363. The van der Waals surface area contributed by atoms with Crippen molar-refractivity contribution in [3.63, 3.8) is 0 Å². The van der Waals surface area contributed by atoms with Gasteiger partial charge < -0.3 is 15.5 Å². The molecule has 3 aromatic heterocycles. The number of hydrogen-bond donors (Lipinski definition) is 3. The van der Waals surface area contributed by atoms with Crippen LogP contribution >= 0.6 is 0 Å². The normalized spacial score (nSPS) is 19.8. The summed E-state index contributed by atoms with van der Waals surface area (Å²) in [6.45, 7) is 0. The number of H-pyrrole nitrogens is 1. The fourth-order valence-electron chi connectivity index (χ4n) is 4.94. The van der Waals surface area contributed by atoms with Crippen LogP contribution in [-0.2, 0) is 7.05 Å². The minimum Gasteiger partial charge on any atom is -0.349 e. The lowest BCUT2D eigenvalue weighted by molar-refractivity contribution is 0.0926. The number of aromatic amines is 1. The highest BCUT2D eigenvalue weighted by Crippen LogP contribution is 2.39. The predicted molar refractivity (Wildman–Crippen MR) is 136 cm³/mol. The first kappa shape index (κ1) is 22.4. The summed E-state index contributed by atoms with van der Waals surface area (Å²) in [6, 6.07) is 9.89. The summed E-state index contributed by atoms with van der Waals surface area (Å²) in [4.78, 5) is 24.2. The molecule has 186 valence electrons. The SMILES string of the molecule is Cn1nnc2cc(C(=O)N[C@H]3CC[C@H](N(C)c4nccc(Nc5cc(C6CC6)[nH]n5)n4)CC3)ccc21. The highest BCUT2D eigenvalue weighted by molar-refractivity contribution is 5.97. The van der Waals surface area contributed by atoms with Crippen molar-refractivity contribution < 1.29 is 4.79 Å². The highest BCUT2D eigenvalue weighted by Gasteiger charge is 2.27. The third-order valence-corrected chi connectivity index (χ3v) is 7.28. The maximum atomic E-state index is 12.8. The van der Waals surface area contributed by atoms with Crippen molar-refractivity contribution in [2.24, 2.45) is 7.05 Å². The van der Waals surface area contributed by atoms with Crippen LogP contribution in [0.4, 0.5) is 17.6 Å². The molecule has 11 heteroatoms. The molecule has 0 aliphatic heterocycles. The molecule has 1 amide bonds. The van der Waals surface area contributed by atoms with Crippen molar-refractivity contribution in [3.05, 3.63) is 47.8 Å². The van der Waals surface area contributed by atoms with Gasteiger partial charge in [0, 0.05) is 55.6 Å². The maximum Gasteiger partial charge on any atom is 0.251 e. The number of nitrogens with zero attached hydrogens (tertiary/aromatic N) is 7. The molecule has 3 heterocycles. The molecular weight excluding hydrogens is 456 g/mol. The molecule has 0 unspecified atom stereocenters. The summed E-state index contributed by atoms with van der Waals surface area (Å²) in [6.07, 6.45) is 7.96. The van der Waals surface area contributed by atoms with Crippen molar-refractivity contribution in [2.45, 2.75) is 56.5 Å². The molecule has 4 aromatic rings. The second kappa shape index (κ2) is 9.21. The summed E-state index contributed by atoms with van der Waals surface area (Å²) in [5, 5.41) is 22.1. The van der Waals surface area contributed by atoms with Gasteiger partial charge in [0.2, 0.25) is 5.95 Å². The van der Waals surface area contributed by atoms with E-state index in [1.165, 1.54) is 18.5 Å². The number of rotatable bonds is 7. The van der Waals surface area contributed by atoms with Crippen LogP contribution in [-0.4, -0.2) is 60.2 Å². The fourth-order valence-corrected chi connectivity index (χ4v) is 4.94. The first-order valence-corrected chi connectivity index (χ1v) is 12.5. The Bertz CT molecular complexity index is 1380. The molecule has 0 bridgehead atoms. The monoisotopic (exact) mass is 486 g/mol. The molecule has 0 radical (unpaired) electrons. The molecule has 1 aromatic carbocycles. The standard InChI is InChI=1S/C25H30N10O/c1-34(25-26-12-11-22(29-25)28-23-14-19(30-32-23)15-3-4-15)18-8-6-17(7-9-18)27-24(36)16-5-10-21-20(13-16)31-33-35(21)2/h5,10-15,17-18H,3-4,6-9H2,1-2H3,(H,27,36)(H2,26,28,29,30,32)/t17-,18-. The van der Waals surface area contributed by atoms with E-state index in [0.717, 1.165) is 48.4 Å². The summed E-state index contributed by atoms with van der Waals surface area (Å²) in [7, 11) is 3.88. The Kier molecular flexibility index (Phi) is 5.74. The van der Waals surface area contributed by atoms with Gasteiger partial charge in [-0.15, -0.1) is 5.10 Å². The molecule has 0 spiro atoms. The van der Waals surface area contributed by atoms with Crippen molar-refractivity contribution in [2.75, 3.05) is 17.3 Å². The minimum atomic E-state index is -0.0651. The fraction of sp³-hybridized carbons (Fsp3) is 0.440. The predicted octanol–water partition coefficient (Wildman–Crippen LogP) is 3.28. The van der Waals surface area contributed by atoms with E-state index in [4.69, 9.17) is 4.98 Å². The average Bonchev–Trinajstić information content (AvgIpc) is 3.54. The van der Waals surface area contributed by atoms with Crippen molar-refractivity contribution in [3.8, 4) is 0 Å². The number of benzene rings is 1. The third kappa shape index (κ3) is 4.60. The number of amides is 1. The first-order valence-electron chi connectivity index (χ1n) is 12.5. The number of carbonyl (C=O) groups is 1.